The van der Waals surface area contributed by atoms with E-state index in [-0.39, 0.29) is 0 Å². The van der Waals surface area contributed by atoms with Crippen LogP contribution in [0.2, 0.25) is 0 Å². The van der Waals surface area contributed by atoms with Crippen LogP contribution < -0.4 is 0 Å². The third-order valence-corrected chi connectivity index (χ3v) is 2.87. The first-order chi connectivity index (χ1) is 8.11. The molecule has 0 atom stereocenters. The minimum absolute atomic E-state index is 0.294. The second kappa shape index (κ2) is 4.31. The van der Waals surface area contributed by atoms with Gasteiger partial charge in [-0.05, 0) is 60.4 Å². The molecule has 0 aliphatic carbocycles. The number of aryl methyl sites for hydroxylation is 2. The first-order valence-electron chi connectivity index (χ1n) is 5.42. The van der Waals surface area contributed by atoms with E-state index in [9.17, 15) is 5.11 Å². The van der Waals surface area contributed by atoms with Gasteiger partial charge in [-0.25, -0.2) is 0 Å². The van der Waals surface area contributed by atoms with Crippen LogP contribution in [-0.4, -0.2) is 5.11 Å². The smallest absolute Gasteiger partial charge is 0.118 e. The summed E-state index contributed by atoms with van der Waals surface area (Å²) in [6.45, 7) is 3.88. The lowest BCUT2D eigenvalue weighted by Crippen LogP contribution is -1.86. The molecule has 2 rings (SSSR count). The van der Waals surface area contributed by atoms with Crippen LogP contribution in [0, 0.1) is 25.2 Å². The van der Waals surface area contributed by atoms with E-state index in [1.165, 1.54) is 0 Å². The number of hydrogen-bond acceptors (Lipinski definition) is 2. The Morgan fingerprint density at radius 1 is 1.00 bits per heavy atom. The molecule has 0 bridgehead atoms. The summed E-state index contributed by atoms with van der Waals surface area (Å²) in [7, 11) is 0. The maximum absolute atomic E-state index is 9.51. The molecule has 0 aromatic heterocycles. The topological polar surface area (TPSA) is 44.0 Å². The highest BCUT2D eigenvalue weighted by molar-refractivity contribution is 5.70. The van der Waals surface area contributed by atoms with Crippen molar-refractivity contribution in [2.75, 3.05) is 0 Å². The van der Waals surface area contributed by atoms with Gasteiger partial charge in [0.1, 0.15) is 5.75 Å². The Morgan fingerprint density at radius 2 is 1.76 bits per heavy atom. The predicted molar refractivity (Wildman–Crippen MR) is 67.7 cm³/mol. The van der Waals surface area contributed by atoms with Gasteiger partial charge in [0.25, 0.3) is 0 Å². The van der Waals surface area contributed by atoms with Crippen molar-refractivity contribution in [1.29, 1.82) is 5.26 Å². The van der Waals surface area contributed by atoms with Crippen LogP contribution in [0.4, 0.5) is 0 Å². The summed E-state index contributed by atoms with van der Waals surface area (Å²) in [5, 5.41) is 18.4. The molecule has 2 nitrogen and oxygen atoms in total. The Bertz CT molecular complexity index is 609. The van der Waals surface area contributed by atoms with Gasteiger partial charge in [-0.1, -0.05) is 12.1 Å². The first-order valence-corrected chi connectivity index (χ1v) is 5.42. The summed E-state index contributed by atoms with van der Waals surface area (Å²) in [5.41, 5.74) is 4.66. The Labute approximate surface area is 101 Å². The molecule has 0 unspecified atom stereocenters. The molecule has 0 heterocycles. The number of hydrogen-bond donors (Lipinski definition) is 1. The number of phenolic OH excluding ortho intramolecular Hbond substituents is 1. The highest BCUT2D eigenvalue weighted by Crippen LogP contribution is 2.28. The standard InChI is InChI=1S/C15H13NO/c1-10-3-4-12(9-16)8-14(10)13-5-6-15(17)11(2)7-13/h3-8,17H,1-2H3. The number of aromatic hydroxyl groups is 1. The molecule has 0 aliphatic rings. The number of benzene rings is 2. The van der Waals surface area contributed by atoms with Crippen molar-refractivity contribution >= 4 is 0 Å². The van der Waals surface area contributed by atoms with E-state index < -0.39 is 0 Å². The fourth-order valence-electron chi connectivity index (χ4n) is 1.83. The van der Waals surface area contributed by atoms with E-state index in [1.807, 2.05) is 44.2 Å². The van der Waals surface area contributed by atoms with Gasteiger partial charge in [0, 0.05) is 0 Å². The average molecular weight is 223 g/mol. The summed E-state index contributed by atoms with van der Waals surface area (Å²) in [6.07, 6.45) is 0. The fourth-order valence-corrected chi connectivity index (χ4v) is 1.83. The van der Waals surface area contributed by atoms with Gasteiger partial charge in [-0.15, -0.1) is 0 Å². The molecule has 84 valence electrons. The molecular weight excluding hydrogens is 210 g/mol. The zero-order valence-corrected chi connectivity index (χ0v) is 9.86. The quantitative estimate of drug-likeness (QED) is 0.803. The van der Waals surface area contributed by atoms with Crippen LogP contribution in [0.15, 0.2) is 36.4 Å². The average Bonchev–Trinajstić information content (AvgIpc) is 2.33. The molecule has 0 saturated heterocycles. The first kappa shape index (κ1) is 11.2. The normalized spacial score (nSPS) is 9.94. The van der Waals surface area contributed by atoms with Gasteiger partial charge in [0.15, 0.2) is 0 Å². The van der Waals surface area contributed by atoms with Crippen molar-refractivity contribution in [1.82, 2.24) is 0 Å². The lowest BCUT2D eigenvalue weighted by Gasteiger charge is -2.08. The Balaban J connectivity index is 2.60. The molecule has 2 heteroatoms. The number of nitriles is 1. The Hall–Kier alpha value is -2.27. The number of rotatable bonds is 1. The van der Waals surface area contributed by atoms with E-state index in [2.05, 4.69) is 6.07 Å². The molecule has 2 aromatic carbocycles. The Kier molecular flexibility index (Phi) is 2.84. The molecule has 0 radical (unpaired) electrons. The monoisotopic (exact) mass is 223 g/mol. The van der Waals surface area contributed by atoms with E-state index in [0.717, 1.165) is 22.3 Å². The summed E-state index contributed by atoms with van der Waals surface area (Å²) < 4.78 is 0. The van der Waals surface area contributed by atoms with Gasteiger partial charge in [-0.2, -0.15) is 5.26 Å². The second-order valence-corrected chi connectivity index (χ2v) is 4.14. The minimum atomic E-state index is 0.294. The number of nitrogens with zero attached hydrogens (tertiary/aromatic N) is 1. The third-order valence-electron chi connectivity index (χ3n) is 2.87. The van der Waals surface area contributed by atoms with Crippen LogP contribution in [0.3, 0.4) is 0 Å². The molecule has 0 saturated carbocycles. The van der Waals surface area contributed by atoms with Crippen molar-refractivity contribution < 1.29 is 5.11 Å². The molecule has 0 amide bonds. The van der Waals surface area contributed by atoms with E-state index in [1.54, 1.807) is 6.07 Å². The molecule has 0 fully saturated rings. The summed E-state index contributed by atoms with van der Waals surface area (Å²) in [5.74, 6) is 0.294. The van der Waals surface area contributed by atoms with Gasteiger partial charge in [-0.3, -0.25) is 0 Å². The van der Waals surface area contributed by atoms with Crippen molar-refractivity contribution in [3.8, 4) is 22.9 Å². The summed E-state index contributed by atoms with van der Waals surface area (Å²) in [4.78, 5) is 0. The van der Waals surface area contributed by atoms with Gasteiger partial charge >= 0.3 is 0 Å². The number of phenols is 1. The van der Waals surface area contributed by atoms with Crippen molar-refractivity contribution in [2.45, 2.75) is 13.8 Å². The van der Waals surface area contributed by atoms with Crippen LogP contribution in [0.1, 0.15) is 16.7 Å². The van der Waals surface area contributed by atoms with E-state index in [0.29, 0.717) is 11.3 Å². The minimum Gasteiger partial charge on any atom is -0.508 e. The summed E-state index contributed by atoms with van der Waals surface area (Å²) in [6, 6.07) is 13.2. The summed E-state index contributed by atoms with van der Waals surface area (Å²) >= 11 is 0. The molecule has 17 heavy (non-hydrogen) atoms. The second-order valence-electron chi connectivity index (χ2n) is 4.14. The highest BCUT2D eigenvalue weighted by atomic mass is 16.3. The molecule has 2 aromatic rings. The van der Waals surface area contributed by atoms with Crippen LogP contribution in [0.5, 0.6) is 5.75 Å². The predicted octanol–water partition coefficient (Wildman–Crippen LogP) is 3.55. The molecule has 1 N–H and O–H groups in total. The highest BCUT2D eigenvalue weighted by Gasteiger charge is 2.05. The van der Waals surface area contributed by atoms with E-state index in [4.69, 9.17) is 5.26 Å². The zero-order valence-electron chi connectivity index (χ0n) is 9.86. The van der Waals surface area contributed by atoms with E-state index >= 15 is 0 Å². The maximum atomic E-state index is 9.51. The van der Waals surface area contributed by atoms with Crippen LogP contribution in [0.25, 0.3) is 11.1 Å². The van der Waals surface area contributed by atoms with Crippen molar-refractivity contribution in [3.63, 3.8) is 0 Å². The van der Waals surface area contributed by atoms with Crippen LogP contribution >= 0.6 is 0 Å². The van der Waals surface area contributed by atoms with Crippen LogP contribution in [-0.2, 0) is 0 Å². The van der Waals surface area contributed by atoms with Crippen molar-refractivity contribution in [2.24, 2.45) is 0 Å². The van der Waals surface area contributed by atoms with Gasteiger partial charge in [0.05, 0.1) is 11.6 Å². The molecule has 0 spiro atoms. The zero-order chi connectivity index (χ0) is 12.4. The van der Waals surface area contributed by atoms with Gasteiger partial charge in [0.2, 0.25) is 0 Å². The lowest BCUT2D eigenvalue weighted by atomic mass is 9.97. The Morgan fingerprint density at radius 3 is 2.41 bits per heavy atom. The van der Waals surface area contributed by atoms with Gasteiger partial charge < -0.3 is 5.11 Å². The SMILES string of the molecule is Cc1cc(-c2cc(C#N)ccc2C)ccc1O. The largest absolute Gasteiger partial charge is 0.508 e. The third kappa shape index (κ3) is 2.14. The molecular formula is C15H13NO. The lowest BCUT2D eigenvalue weighted by molar-refractivity contribution is 0.471. The molecule has 0 aliphatic heterocycles. The maximum Gasteiger partial charge on any atom is 0.118 e. The van der Waals surface area contributed by atoms with Crippen molar-refractivity contribution in [3.05, 3.63) is 53.1 Å². The fraction of sp³-hybridized carbons (Fsp3) is 0.133.